The van der Waals surface area contributed by atoms with Gasteiger partial charge in [0, 0.05) is 20.6 Å². The molecule has 1 heterocycles. The van der Waals surface area contributed by atoms with Crippen LogP contribution in [0.4, 0.5) is 4.79 Å². The van der Waals surface area contributed by atoms with E-state index in [9.17, 15) is 9.59 Å². The molecule has 0 unspecified atom stereocenters. The zero-order valence-electron chi connectivity index (χ0n) is 16.3. The number of amides is 2. The first-order valence-electron chi connectivity index (χ1n) is 9.46. The van der Waals surface area contributed by atoms with Gasteiger partial charge < -0.3 is 4.74 Å². The van der Waals surface area contributed by atoms with Crippen molar-refractivity contribution in [1.29, 1.82) is 0 Å². The summed E-state index contributed by atoms with van der Waals surface area (Å²) in [5.41, 5.74) is 2.47. The number of para-hydroxylation sites is 1. The number of thioether (sulfide) groups is 1. The number of benzene rings is 3. The first kappa shape index (κ1) is 21.7. The van der Waals surface area contributed by atoms with E-state index in [0.29, 0.717) is 22.3 Å². The van der Waals surface area contributed by atoms with E-state index in [1.54, 1.807) is 6.08 Å². The topological polar surface area (TPSA) is 46.6 Å². The van der Waals surface area contributed by atoms with E-state index in [-0.39, 0.29) is 17.7 Å². The van der Waals surface area contributed by atoms with Gasteiger partial charge >= 0.3 is 0 Å². The second kappa shape index (κ2) is 9.73. The van der Waals surface area contributed by atoms with Gasteiger partial charge in [-0.1, -0.05) is 76.1 Å². The first-order valence-corrected chi connectivity index (χ1v) is 11.4. The molecule has 2 amide bonds. The Hall–Kier alpha value is -2.54. The fraction of sp³-hybridized carbons (Fsp3) is 0.0833. The summed E-state index contributed by atoms with van der Waals surface area (Å²) in [4.78, 5) is 27.0. The lowest BCUT2D eigenvalue weighted by atomic mass is 10.1. The summed E-state index contributed by atoms with van der Waals surface area (Å²) in [7, 11) is 0. The Kier molecular flexibility index (Phi) is 6.80. The van der Waals surface area contributed by atoms with Gasteiger partial charge in [-0.3, -0.25) is 14.5 Å². The van der Waals surface area contributed by atoms with Crippen LogP contribution in [-0.2, 0) is 17.9 Å². The van der Waals surface area contributed by atoms with Gasteiger partial charge in [0.15, 0.2) is 0 Å². The predicted molar refractivity (Wildman–Crippen MR) is 128 cm³/mol. The highest BCUT2D eigenvalue weighted by molar-refractivity contribution is 9.10. The van der Waals surface area contributed by atoms with Crippen molar-refractivity contribution in [1.82, 2.24) is 4.90 Å². The van der Waals surface area contributed by atoms with Crippen molar-refractivity contribution in [2.75, 3.05) is 0 Å². The Balaban J connectivity index is 1.53. The normalized spacial score (nSPS) is 15.0. The number of carbonyl (C=O) groups is 2. The molecular formula is C24H17BrClNO3S. The van der Waals surface area contributed by atoms with Crippen LogP contribution >= 0.6 is 39.3 Å². The van der Waals surface area contributed by atoms with Crippen LogP contribution in [0.25, 0.3) is 6.08 Å². The van der Waals surface area contributed by atoms with E-state index in [1.165, 1.54) is 4.90 Å². The molecule has 7 heteroatoms. The maximum atomic E-state index is 12.9. The number of nitrogens with zero attached hydrogens (tertiary/aromatic N) is 1. The first-order chi connectivity index (χ1) is 15.0. The molecule has 1 aliphatic heterocycles. The highest BCUT2D eigenvalue weighted by Crippen LogP contribution is 2.35. The second-order valence-electron chi connectivity index (χ2n) is 6.82. The monoisotopic (exact) mass is 513 g/mol. The molecule has 31 heavy (non-hydrogen) atoms. The van der Waals surface area contributed by atoms with Crippen LogP contribution in [0.1, 0.15) is 16.7 Å². The Labute approximate surface area is 198 Å². The molecular weight excluding hydrogens is 498 g/mol. The lowest BCUT2D eigenvalue weighted by Gasteiger charge is -2.13. The van der Waals surface area contributed by atoms with Gasteiger partial charge in [0.25, 0.3) is 11.1 Å². The van der Waals surface area contributed by atoms with Crippen LogP contribution in [0.15, 0.2) is 82.2 Å². The molecule has 4 rings (SSSR count). The lowest BCUT2D eigenvalue weighted by molar-refractivity contribution is -0.123. The molecule has 156 valence electrons. The molecule has 0 aromatic heterocycles. The van der Waals surface area contributed by atoms with Crippen molar-refractivity contribution in [2.24, 2.45) is 0 Å². The van der Waals surface area contributed by atoms with Crippen molar-refractivity contribution in [3.05, 3.63) is 104 Å². The summed E-state index contributed by atoms with van der Waals surface area (Å²) < 4.78 is 6.86. The van der Waals surface area contributed by atoms with Gasteiger partial charge in [-0.15, -0.1) is 0 Å². The SMILES string of the molecule is O=C1S/C(=C/c2ccccc2OCc2ccccc2Cl)C(=O)N1Cc1cccc(Br)c1. The minimum atomic E-state index is -0.309. The Morgan fingerprint density at radius 2 is 1.77 bits per heavy atom. The van der Waals surface area contributed by atoms with E-state index >= 15 is 0 Å². The van der Waals surface area contributed by atoms with Gasteiger partial charge in [-0.2, -0.15) is 0 Å². The molecule has 1 aliphatic rings. The summed E-state index contributed by atoms with van der Waals surface area (Å²) in [6.45, 7) is 0.529. The minimum Gasteiger partial charge on any atom is -0.488 e. The molecule has 0 atom stereocenters. The highest BCUT2D eigenvalue weighted by Gasteiger charge is 2.35. The zero-order valence-corrected chi connectivity index (χ0v) is 19.4. The molecule has 4 nitrogen and oxygen atoms in total. The summed E-state index contributed by atoms with van der Waals surface area (Å²) in [5.74, 6) is 0.303. The molecule has 0 radical (unpaired) electrons. The molecule has 3 aromatic rings. The number of hydrogen-bond donors (Lipinski definition) is 0. The van der Waals surface area contributed by atoms with E-state index in [4.69, 9.17) is 16.3 Å². The number of halogens is 2. The number of ether oxygens (including phenoxy) is 1. The van der Waals surface area contributed by atoms with Crippen LogP contribution in [0.2, 0.25) is 5.02 Å². The summed E-state index contributed by atoms with van der Waals surface area (Å²) in [6, 6.07) is 22.4. The number of hydrogen-bond acceptors (Lipinski definition) is 4. The van der Waals surface area contributed by atoms with E-state index in [2.05, 4.69) is 15.9 Å². The Morgan fingerprint density at radius 3 is 2.58 bits per heavy atom. The predicted octanol–water partition coefficient (Wildman–Crippen LogP) is 6.92. The second-order valence-corrected chi connectivity index (χ2v) is 9.13. The van der Waals surface area contributed by atoms with Crippen molar-refractivity contribution in [3.63, 3.8) is 0 Å². The largest absolute Gasteiger partial charge is 0.488 e. The summed E-state index contributed by atoms with van der Waals surface area (Å²) in [5, 5.41) is 0.347. The van der Waals surface area contributed by atoms with Crippen LogP contribution in [-0.4, -0.2) is 16.0 Å². The fourth-order valence-electron chi connectivity index (χ4n) is 3.10. The van der Waals surface area contributed by atoms with Crippen molar-refractivity contribution in [3.8, 4) is 5.75 Å². The van der Waals surface area contributed by atoms with Gasteiger partial charge in [0.2, 0.25) is 0 Å². The molecule has 3 aromatic carbocycles. The quantitative estimate of drug-likeness (QED) is 0.335. The third-order valence-electron chi connectivity index (χ3n) is 4.65. The van der Waals surface area contributed by atoms with Crippen LogP contribution in [0.5, 0.6) is 5.75 Å². The molecule has 0 aliphatic carbocycles. The number of carbonyl (C=O) groups excluding carboxylic acids is 2. The van der Waals surface area contributed by atoms with Crippen molar-refractivity contribution < 1.29 is 14.3 Å². The Morgan fingerprint density at radius 1 is 1.00 bits per heavy atom. The van der Waals surface area contributed by atoms with Gasteiger partial charge in [-0.05, 0) is 47.7 Å². The van der Waals surface area contributed by atoms with Crippen molar-refractivity contribution >= 4 is 56.5 Å². The average Bonchev–Trinajstić information content (AvgIpc) is 3.01. The standard InChI is InChI=1S/C24H17BrClNO3S/c25-19-9-5-6-16(12-19)14-27-23(28)22(31-24(27)29)13-17-7-2-4-11-21(17)30-15-18-8-1-3-10-20(18)26/h1-13H,14-15H2/b22-13+. The zero-order chi connectivity index (χ0) is 21.8. The Bertz CT molecular complexity index is 1180. The van der Waals surface area contributed by atoms with E-state index in [1.807, 2.05) is 72.8 Å². The maximum absolute atomic E-state index is 12.9. The van der Waals surface area contributed by atoms with E-state index < -0.39 is 0 Å². The molecule has 0 spiro atoms. The van der Waals surface area contributed by atoms with Crippen LogP contribution < -0.4 is 4.74 Å². The van der Waals surface area contributed by atoms with Crippen LogP contribution in [0, 0.1) is 0 Å². The average molecular weight is 515 g/mol. The van der Waals surface area contributed by atoms with Crippen molar-refractivity contribution in [2.45, 2.75) is 13.2 Å². The molecule has 0 saturated carbocycles. The third kappa shape index (κ3) is 5.21. The highest BCUT2D eigenvalue weighted by atomic mass is 79.9. The van der Waals surface area contributed by atoms with Gasteiger partial charge in [0.05, 0.1) is 11.4 Å². The summed E-state index contributed by atoms with van der Waals surface area (Å²) in [6.07, 6.45) is 1.70. The smallest absolute Gasteiger partial charge is 0.293 e. The number of rotatable bonds is 6. The third-order valence-corrected chi connectivity index (χ3v) is 6.42. The maximum Gasteiger partial charge on any atom is 0.293 e. The molecule has 0 N–H and O–H groups in total. The lowest BCUT2D eigenvalue weighted by Crippen LogP contribution is -2.27. The number of imide groups is 1. The molecule has 1 fully saturated rings. The summed E-state index contributed by atoms with van der Waals surface area (Å²) >= 11 is 10.6. The fourth-order valence-corrected chi connectivity index (χ4v) is 4.56. The molecule has 0 bridgehead atoms. The van der Waals surface area contributed by atoms with Gasteiger partial charge in [0.1, 0.15) is 12.4 Å². The van der Waals surface area contributed by atoms with E-state index in [0.717, 1.165) is 32.9 Å². The minimum absolute atomic E-state index is 0.228. The van der Waals surface area contributed by atoms with Gasteiger partial charge in [-0.25, -0.2) is 0 Å². The van der Waals surface area contributed by atoms with Crippen LogP contribution in [0.3, 0.4) is 0 Å². The molecule has 1 saturated heterocycles.